The molecule has 0 N–H and O–H groups in total. The zero-order valence-corrected chi connectivity index (χ0v) is 11.6. The van der Waals surface area contributed by atoms with Crippen molar-refractivity contribution in [3.63, 3.8) is 0 Å². The molecule has 0 amide bonds. The standard InChI is InChI=1S/C12H12BrNO4/c1-16-7-18-10-4-3-8(6-14)5-9(10)11(13)12(15)17-2/h3-5,11H,7H2,1-2H3. The molecular weight excluding hydrogens is 302 g/mol. The zero-order chi connectivity index (χ0) is 13.5. The lowest BCUT2D eigenvalue weighted by Gasteiger charge is -2.14. The number of nitrogens with zero attached hydrogens (tertiary/aromatic N) is 1. The number of carbonyl (C=O) groups excluding carboxylic acids is 1. The molecule has 0 bridgehead atoms. The Kier molecular flexibility index (Phi) is 5.62. The Hall–Kier alpha value is -1.58. The van der Waals surface area contributed by atoms with Crippen molar-refractivity contribution in [2.45, 2.75) is 4.83 Å². The van der Waals surface area contributed by atoms with Gasteiger partial charge in [0.15, 0.2) is 6.79 Å². The molecule has 0 aliphatic carbocycles. The first-order chi connectivity index (χ1) is 8.63. The smallest absolute Gasteiger partial charge is 0.324 e. The van der Waals surface area contributed by atoms with Gasteiger partial charge in [0, 0.05) is 12.7 Å². The lowest BCUT2D eigenvalue weighted by Crippen LogP contribution is -2.11. The van der Waals surface area contributed by atoms with E-state index >= 15 is 0 Å². The molecule has 1 atom stereocenters. The van der Waals surface area contributed by atoms with Crippen molar-refractivity contribution in [3.8, 4) is 11.8 Å². The van der Waals surface area contributed by atoms with E-state index in [1.807, 2.05) is 6.07 Å². The highest BCUT2D eigenvalue weighted by Crippen LogP contribution is 2.33. The third kappa shape index (κ3) is 3.45. The average molecular weight is 314 g/mol. The average Bonchev–Trinajstić information content (AvgIpc) is 2.43. The molecule has 1 aromatic carbocycles. The molecule has 0 saturated carbocycles. The molecule has 0 heterocycles. The van der Waals surface area contributed by atoms with Gasteiger partial charge >= 0.3 is 5.97 Å². The van der Waals surface area contributed by atoms with Crippen molar-refractivity contribution in [2.24, 2.45) is 0 Å². The largest absolute Gasteiger partial charge is 0.468 e. The van der Waals surface area contributed by atoms with Crippen LogP contribution in [0, 0.1) is 11.3 Å². The monoisotopic (exact) mass is 313 g/mol. The van der Waals surface area contributed by atoms with Crippen LogP contribution in [0.15, 0.2) is 18.2 Å². The Bertz CT molecular complexity index is 470. The van der Waals surface area contributed by atoms with E-state index in [4.69, 9.17) is 14.7 Å². The van der Waals surface area contributed by atoms with E-state index in [1.54, 1.807) is 18.2 Å². The van der Waals surface area contributed by atoms with Crippen LogP contribution in [-0.4, -0.2) is 27.0 Å². The van der Waals surface area contributed by atoms with E-state index < -0.39 is 10.8 Å². The molecule has 96 valence electrons. The van der Waals surface area contributed by atoms with E-state index in [-0.39, 0.29) is 6.79 Å². The lowest BCUT2D eigenvalue weighted by molar-refractivity contribution is -0.139. The predicted octanol–water partition coefficient (Wildman–Crippen LogP) is 2.15. The number of halogens is 1. The first-order valence-electron chi connectivity index (χ1n) is 5.01. The highest BCUT2D eigenvalue weighted by Gasteiger charge is 2.22. The summed E-state index contributed by atoms with van der Waals surface area (Å²) in [7, 11) is 2.79. The van der Waals surface area contributed by atoms with Gasteiger partial charge in [-0.3, -0.25) is 4.79 Å². The van der Waals surface area contributed by atoms with Crippen molar-refractivity contribution >= 4 is 21.9 Å². The van der Waals surface area contributed by atoms with Crippen LogP contribution >= 0.6 is 15.9 Å². The van der Waals surface area contributed by atoms with Crippen molar-refractivity contribution in [1.29, 1.82) is 5.26 Å². The molecule has 0 radical (unpaired) electrons. The fourth-order valence-electron chi connectivity index (χ4n) is 1.30. The van der Waals surface area contributed by atoms with Gasteiger partial charge in [0.2, 0.25) is 0 Å². The molecular formula is C12H12BrNO4. The Morgan fingerprint density at radius 2 is 2.22 bits per heavy atom. The summed E-state index contributed by atoms with van der Waals surface area (Å²) in [6.07, 6.45) is 0. The van der Waals surface area contributed by atoms with Gasteiger partial charge in [0.05, 0.1) is 18.7 Å². The lowest BCUT2D eigenvalue weighted by atomic mass is 10.1. The Morgan fingerprint density at radius 3 is 2.78 bits per heavy atom. The van der Waals surface area contributed by atoms with Crippen LogP contribution in [0.4, 0.5) is 0 Å². The molecule has 0 aromatic heterocycles. The van der Waals surface area contributed by atoms with Crippen molar-refractivity contribution in [2.75, 3.05) is 21.0 Å². The second-order valence-electron chi connectivity index (χ2n) is 3.30. The minimum atomic E-state index is -0.692. The minimum Gasteiger partial charge on any atom is -0.468 e. The number of nitriles is 1. The number of hydrogen-bond donors (Lipinski definition) is 0. The number of ether oxygens (including phenoxy) is 3. The molecule has 6 heteroatoms. The van der Waals surface area contributed by atoms with Crippen molar-refractivity contribution in [3.05, 3.63) is 29.3 Å². The topological polar surface area (TPSA) is 68.5 Å². The molecule has 0 aliphatic heterocycles. The maximum atomic E-state index is 11.5. The summed E-state index contributed by atoms with van der Waals surface area (Å²) in [5, 5.41) is 8.86. The summed E-state index contributed by atoms with van der Waals surface area (Å²) >= 11 is 3.21. The number of alkyl halides is 1. The number of carbonyl (C=O) groups is 1. The van der Waals surface area contributed by atoms with Gasteiger partial charge in [0.25, 0.3) is 0 Å². The second kappa shape index (κ2) is 6.99. The summed E-state index contributed by atoms with van der Waals surface area (Å²) < 4.78 is 14.8. The molecule has 18 heavy (non-hydrogen) atoms. The molecule has 0 aliphatic rings. The van der Waals surface area contributed by atoms with Crippen molar-refractivity contribution < 1.29 is 19.0 Å². The number of rotatable bonds is 5. The van der Waals surface area contributed by atoms with Crippen LogP contribution in [0.5, 0.6) is 5.75 Å². The van der Waals surface area contributed by atoms with E-state index in [0.29, 0.717) is 16.9 Å². The summed E-state index contributed by atoms with van der Waals surface area (Å²) in [5.74, 6) is -0.00418. The quantitative estimate of drug-likeness (QED) is 0.473. The maximum absolute atomic E-state index is 11.5. The second-order valence-corrected chi connectivity index (χ2v) is 4.22. The molecule has 0 fully saturated rings. The number of hydrogen-bond acceptors (Lipinski definition) is 5. The fraction of sp³-hybridized carbons (Fsp3) is 0.333. The van der Waals surface area contributed by atoms with Crippen LogP contribution in [0.2, 0.25) is 0 Å². The SMILES string of the molecule is COCOc1ccc(C#N)cc1C(Br)C(=O)OC. The molecule has 5 nitrogen and oxygen atoms in total. The summed E-state index contributed by atoms with van der Waals surface area (Å²) in [6.45, 7) is 0.0554. The molecule has 1 rings (SSSR count). The molecule has 1 aromatic rings. The van der Waals surface area contributed by atoms with Gasteiger partial charge < -0.3 is 14.2 Å². The Labute approximate surface area is 113 Å². The van der Waals surface area contributed by atoms with Crippen molar-refractivity contribution in [1.82, 2.24) is 0 Å². The van der Waals surface area contributed by atoms with Gasteiger partial charge in [-0.2, -0.15) is 5.26 Å². The summed E-state index contributed by atoms with van der Waals surface area (Å²) in [4.78, 5) is 10.8. The first kappa shape index (κ1) is 14.5. The van der Waals surface area contributed by atoms with E-state index in [1.165, 1.54) is 14.2 Å². The van der Waals surface area contributed by atoms with Gasteiger partial charge in [-0.1, -0.05) is 15.9 Å². The normalized spacial score (nSPS) is 11.4. The first-order valence-corrected chi connectivity index (χ1v) is 5.93. The molecule has 1 unspecified atom stereocenters. The van der Waals surface area contributed by atoms with Gasteiger partial charge in [-0.05, 0) is 18.2 Å². The molecule has 0 spiro atoms. The minimum absolute atomic E-state index is 0.0554. The highest BCUT2D eigenvalue weighted by molar-refractivity contribution is 9.09. The third-order valence-electron chi connectivity index (χ3n) is 2.15. The van der Waals surface area contributed by atoms with Crippen LogP contribution in [0.1, 0.15) is 16.0 Å². The van der Waals surface area contributed by atoms with Crippen LogP contribution < -0.4 is 4.74 Å². The van der Waals surface area contributed by atoms with Crippen LogP contribution in [0.3, 0.4) is 0 Å². The van der Waals surface area contributed by atoms with Gasteiger partial charge in [-0.25, -0.2) is 0 Å². The van der Waals surface area contributed by atoms with Crippen LogP contribution in [-0.2, 0) is 14.3 Å². The van der Waals surface area contributed by atoms with E-state index in [9.17, 15) is 4.79 Å². The number of benzene rings is 1. The third-order valence-corrected chi connectivity index (χ3v) is 3.02. The number of methoxy groups -OCH3 is 2. The zero-order valence-electron chi connectivity index (χ0n) is 9.97. The maximum Gasteiger partial charge on any atom is 0.324 e. The van der Waals surface area contributed by atoms with Crippen LogP contribution in [0.25, 0.3) is 0 Å². The molecule has 0 saturated heterocycles. The van der Waals surface area contributed by atoms with E-state index in [2.05, 4.69) is 20.7 Å². The van der Waals surface area contributed by atoms with Gasteiger partial charge in [0.1, 0.15) is 10.6 Å². The number of esters is 1. The van der Waals surface area contributed by atoms with E-state index in [0.717, 1.165) is 0 Å². The Morgan fingerprint density at radius 1 is 1.50 bits per heavy atom. The summed E-state index contributed by atoms with van der Waals surface area (Å²) in [6, 6.07) is 6.79. The predicted molar refractivity (Wildman–Crippen MR) is 67.3 cm³/mol. The fourth-order valence-corrected chi connectivity index (χ4v) is 1.85. The highest BCUT2D eigenvalue weighted by atomic mass is 79.9. The summed E-state index contributed by atoms with van der Waals surface area (Å²) in [5.41, 5.74) is 0.959. The van der Waals surface area contributed by atoms with Gasteiger partial charge in [-0.15, -0.1) is 0 Å². The Balaban J connectivity index is 3.11.